The fraction of sp³-hybridized carbons (Fsp3) is 0.440. The van der Waals surface area contributed by atoms with E-state index in [9.17, 15) is 10.1 Å². The standard InChI is InChI=1S/C25H29BrN4O3/c1-17-12-19(13-20(15-27)25(31)28-16-22-4-3-9-33-22)18(2)30(17)21-5-6-24(23(26)14-21)29-7-10-32-11-8-29/h5-6,12-14,22H,3-4,7-11,16H2,1-2H3,(H,28,31)/b20-13+/t22-/m1/s1. The van der Waals surface area contributed by atoms with Crippen LogP contribution in [0.25, 0.3) is 11.8 Å². The highest BCUT2D eigenvalue weighted by Gasteiger charge is 2.19. The lowest BCUT2D eigenvalue weighted by molar-refractivity contribution is -0.117. The van der Waals surface area contributed by atoms with Gasteiger partial charge in [0.2, 0.25) is 0 Å². The molecule has 2 aliphatic heterocycles. The van der Waals surface area contributed by atoms with E-state index in [-0.39, 0.29) is 17.6 Å². The van der Waals surface area contributed by atoms with E-state index in [0.717, 1.165) is 78.6 Å². The number of aromatic nitrogens is 1. The number of carbonyl (C=O) groups is 1. The lowest BCUT2D eigenvalue weighted by Crippen LogP contribution is -2.36. The van der Waals surface area contributed by atoms with Gasteiger partial charge in [0.25, 0.3) is 5.91 Å². The lowest BCUT2D eigenvalue weighted by Gasteiger charge is -2.30. The Morgan fingerprint density at radius 2 is 2.06 bits per heavy atom. The number of anilines is 1. The number of halogens is 1. The van der Waals surface area contributed by atoms with E-state index >= 15 is 0 Å². The normalized spacial score (nSPS) is 18.9. The van der Waals surface area contributed by atoms with Crippen molar-refractivity contribution < 1.29 is 14.3 Å². The number of nitrogens with one attached hydrogen (secondary N) is 1. The second-order valence-corrected chi connectivity index (χ2v) is 9.27. The molecule has 7 nitrogen and oxygen atoms in total. The molecular formula is C25H29BrN4O3. The first kappa shape index (κ1) is 23.6. The van der Waals surface area contributed by atoms with Crippen molar-refractivity contribution in [3.63, 3.8) is 0 Å². The number of nitriles is 1. The summed E-state index contributed by atoms with van der Waals surface area (Å²) in [5, 5.41) is 12.4. The molecular weight excluding hydrogens is 484 g/mol. The predicted molar refractivity (Wildman–Crippen MR) is 132 cm³/mol. The number of hydrogen-bond donors (Lipinski definition) is 1. The van der Waals surface area contributed by atoms with Crippen molar-refractivity contribution in [3.05, 3.63) is 51.3 Å². The van der Waals surface area contributed by atoms with Crippen LogP contribution < -0.4 is 10.2 Å². The summed E-state index contributed by atoms with van der Waals surface area (Å²) in [5.41, 5.74) is 5.12. The quantitative estimate of drug-likeness (QED) is 0.469. The van der Waals surface area contributed by atoms with Crippen LogP contribution >= 0.6 is 15.9 Å². The highest BCUT2D eigenvalue weighted by molar-refractivity contribution is 9.10. The van der Waals surface area contributed by atoms with Crippen molar-refractivity contribution in [2.24, 2.45) is 0 Å². The minimum atomic E-state index is -0.365. The first-order valence-corrected chi connectivity index (χ1v) is 12.1. The Hall–Kier alpha value is -2.60. The van der Waals surface area contributed by atoms with Crippen molar-refractivity contribution in [1.29, 1.82) is 5.26 Å². The number of aryl methyl sites for hydroxylation is 1. The van der Waals surface area contributed by atoms with Crippen LogP contribution in [0.4, 0.5) is 5.69 Å². The number of nitrogens with zero attached hydrogens (tertiary/aromatic N) is 3. The Labute approximate surface area is 203 Å². The first-order valence-electron chi connectivity index (χ1n) is 11.3. The van der Waals surface area contributed by atoms with E-state index in [1.165, 1.54) is 0 Å². The van der Waals surface area contributed by atoms with Gasteiger partial charge in [-0.05, 0) is 78.5 Å². The van der Waals surface area contributed by atoms with Gasteiger partial charge in [0, 0.05) is 47.8 Å². The summed E-state index contributed by atoms with van der Waals surface area (Å²) in [6.07, 6.45) is 3.66. The highest BCUT2D eigenvalue weighted by atomic mass is 79.9. The maximum absolute atomic E-state index is 12.6. The van der Waals surface area contributed by atoms with E-state index in [1.54, 1.807) is 6.08 Å². The molecule has 2 saturated heterocycles. The topological polar surface area (TPSA) is 79.5 Å². The fourth-order valence-corrected chi connectivity index (χ4v) is 5.06. The average Bonchev–Trinajstić information content (AvgIpc) is 3.44. The molecule has 0 saturated carbocycles. The maximum Gasteiger partial charge on any atom is 0.262 e. The van der Waals surface area contributed by atoms with E-state index in [1.807, 2.05) is 19.9 Å². The molecule has 33 heavy (non-hydrogen) atoms. The third-order valence-electron chi connectivity index (χ3n) is 6.19. The molecule has 3 heterocycles. The van der Waals surface area contributed by atoms with Gasteiger partial charge in [-0.25, -0.2) is 0 Å². The van der Waals surface area contributed by atoms with Crippen LogP contribution in [0.15, 0.2) is 34.3 Å². The summed E-state index contributed by atoms with van der Waals surface area (Å²) in [4.78, 5) is 14.9. The largest absolute Gasteiger partial charge is 0.378 e. The Morgan fingerprint density at radius 3 is 2.73 bits per heavy atom. The van der Waals surface area contributed by atoms with Gasteiger partial charge >= 0.3 is 0 Å². The summed E-state index contributed by atoms with van der Waals surface area (Å²) in [7, 11) is 0. The predicted octanol–water partition coefficient (Wildman–Crippen LogP) is 3.90. The second kappa shape index (κ2) is 10.6. The van der Waals surface area contributed by atoms with E-state index in [0.29, 0.717) is 6.54 Å². The van der Waals surface area contributed by atoms with Crippen LogP contribution in [0, 0.1) is 25.2 Å². The summed E-state index contributed by atoms with van der Waals surface area (Å²) >= 11 is 3.74. The zero-order valence-corrected chi connectivity index (χ0v) is 20.7. The van der Waals surface area contributed by atoms with Crippen LogP contribution in [-0.2, 0) is 14.3 Å². The maximum atomic E-state index is 12.6. The lowest BCUT2D eigenvalue weighted by atomic mass is 10.1. The second-order valence-electron chi connectivity index (χ2n) is 8.41. The third-order valence-corrected chi connectivity index (χ3v) is 6.83. The zero-order chi connectivity index (χ0) is 23.4. The molecule has 0 aliphatic carbocycles. The summed E-state index contributed by atoms with van der Waals surface area (Å²) in [6.45, 7) is 8.42. The van der Waals surface area contributed by atoms with Crippen molar-refractivity contribution in [1.82, 2.24) is 9.88 Å². The number of rotatable bonds is 6. The molecule has 1 N–H and O–H groups in total. The monoisotopic (exact) mass is 512 g/mol. The van der Waals surface area contributed by atoms with Gasteiger partial charge in [0.15, 0.2) is 0 Å². The molecule has 1 aromatic heterocycles. The van der Waals surface area contributed by atoms with E-state index < -0.39 is 0 Å². The minimum absolute atomic E-state index is 0.0397. The number of morpholine rings is 1. The summed E-state index contributed by atoms with van der Waals surface area (Å²) in [6, 6.07) is 10.4. The highest BCUT2D eigenvalue weighted by Crippen LogP contribution is 2.31. The Kier molecular flexibility index (Phi) is 7.53. The van der Waals surface area contributed by atoms with Crippen molar-refractivity contribution in [2.75, 3.05) is 44.4 Å². The molecule has 1 amide bonds. The van der Waals surface area contributed by atoms with Gasteiger partial charge in [-0.2, -0.15) is 5.26 Å². The Morgan fingerprint density at radius 1 is 1.27 bits per heavy atom. The van der Waals surface area contributed by atoms with Gasteiger partial charge < -0.3 is 24.3 Å². The van der Waals surface area contributed by atoms with Gasteiger partial charge in [-0.1, -0.05) is 0 Å². The number of carbonyl (C=O) groups excluding carboxylic acids is 1. The SMILES string of the molecule is Cc1cc(/C=C(\C#N)C(=O)NC[C@H]2CCCO2)c(C)n1-c1ccc(N2CCOCC2)c(Br)c1. The smallest absolute Gasteiger partial charge is 0.262 e. The molecule has 2 fully saturated rings. The van der Waals surface area contributed by atoms with Crippen LogP contribution in [0.2, 0.25) is 0 Å². The minimum Gasteiger partial charge on any atom is -0.378 e. The van der Waals surface area contributed by atoms with Crippen LogP contribution in [-0.4, -0.2) is 56.0 Å². The van der Waals surface area contributed by atoms with Crippen molar-refractivity contribution in [2.45, 2.75) is 32.8 Å². The van der Waals surface area contributed by atoms with Crippen LogP contribution in [0.5, 0.6) is 0 Å². The van der Waals surface area contributed by atoms with Gasteiger partial charge in [-0.3, -0.25) is 4.79 Å². The molecule has 0 spiro atoms. The third kappa shape index (κ3) is 5.32. The molecule has 8 heteroatoms. The van der Waals surface area contributed by atoms with Gasteiger partial charge in [0.1, 0.15) is 11.6 Å². The van der Waals surface area contributed by atoms with Gasteiger partial charge in [-0.15, -0.1) is 0 Å². The molecule has 174 valence electrons. The van der Waals surface area contributed by atoms with Crippen LogP contribution in [0.3, 0.4) is 0 Å². The summed E-state index contributed by atoms with van der Waals surface area (Å²) < 4.78 is 14.2. The number of hydrogen-bond acceptors (Lipinski definition) is 5. The van der Waals surface area contributed by atoms with Crippen molar-refractivity contribution >= 4 is 33.6 Å². The molecule has 0 unspecified atom stereocenters. The molecule has 2 aromatic rings. The fourth-order valence-electron chi connectivity index (χ4n) is 4.44. The summed E-state index contributed by atoms with van der Waals surface area (Å²) in [5.74, 6) is -0.365. The van der Waals surface area contributed by atoms with Crippen molar-refractivity contribution in [3.8, 4) is 11.8 Å². The number of amides is 1. The van der Waals surface area contributed by atoms with E-state index in [4.69, 9.17) is 9.47 Å². The molecule has 1 atom stereocenters. The molecule has 0 radical (unpaired) electrons. The van der Waals surface area contributed by atoms with E-state index in [2.05, 4.69) is 55.0 Å². The molecule has 4 rings (SSSR count). The zero-order valence-electron chi connectivity index (χ0n) is 19.1. The Balaban J connectivity index is 1.55. The number of ether oxygens (including phenoxy) is 2. The van der Waals surface area contributed by atoms with Gasteiger partial charge in [0.05, 0.1) is 25.0 Å². The molecule has 2 aliphatic rings. The average molecular weight is 513 g/mol. The molecule has 1 aromatic carbocycles. The van der Waals surface area contributed by atoms with Crippen LogP contribution in [0.1, 0.15) is 29.8 Å². The molecule has 0 bridgehead atoms. The first-order chi connectivity index (χ1) is 16.0. The Bertz CT molecular complexity index is 1090. The number of benzene rings is 1.